The molecular formula is C58H70O12. The molecule has 0 N–H and O–H groups in total. The molecule has 0 aliphatic carbocycles. The van der Waals surface area contributed by atoms with Crippen molar-refractivity contribution in [2.24, 2.45) is 5.92 Å². The van der Waals surface area contributed by atoms with E-state index in [2.05, 4.69) is 60.7 Å². The van der Waals surface area contributed by atoms with Crippen molar-refractivity contribution >= 4 is 0 Å². The summed E-state index contributed by atoms with van der Waals surface area (Å²) in [5.74, 6) is 8.29. The molecule has 70 heavy (non-hydrogen) atoms. The van der Waals surface area contributed by atoms with Crippen LogP contribution in [-0.4, -0.2) is 85.3 Å². The lowest BCUT2D eigenvalue weighted by atomic mass is 9.75. The van der Waals surface area contributed by atoms with Gasteiger partial charge in [0, 0.05) is 0 Å². The standard InChI is InChI=1S/C58H70O12/c1-59-47-25-18-37(29-51(47)63-5)13-23-44(27-38-14-19-42(49(30-38)61-3)21-16-40-32-53(65-7)57(69-11)54(33-40)66-8)46(45-24-26-48(60-2)52(36-45)64-6)28-39-15-20-43(50(31-39)62-4)22-17-41-34-55(67-9)58(70-12)56(35-41)68-10/h14-15,18-20,24-26,29-36,44,46H,13,16-17,21-23,27-28H2,1-12H3/t44-,46-/m1/s1. The van der Waals surface area contributed by atoms with E-state index in [-0.39, 0.29) is 11.8 Å². The summed E-state index contributed by atoms with van der Waals surface area (Å²) in [5.41, 5.74) is 8.98. The molecule has 12 heteroatoms. The van der Waals surface area contributed by atoms with Gasteiger partial charge in [0.05, 0.1) is 85.3 Å². The van der Waals surface area contributed by atoms with Crippen LogP contribution in [0.15, 0.2) is 97.1 Å². The van der Waals surface area contributed by atoms with Crippen LogP contribution in [-0.2, 0) is 44.9 Å². The van der Waals surface area contributed by atoms with Gasteiger partial charge >= 0.3 is 0 Å². The third-order valence-corrected chi connectivity index (χ3v) is 13.1. The normalized spacial score (nSPS) is 11.8. The van der Waals surface area contributed by atoms with E-state index in [4.69, 9.17) is 56.8 Å². The Morgan fingerprint density at radius 2 is 0.657 bits per heavy atom. The Labute approximate surface area is 414 Å². The van der Waals surface area contributed by atoms with Crippen LogP contribution in [0.1, 0.15) is 56.8 Å². The first-order valence-corrected chi connectivity index (χ1v) is 23.4. The first-order valence-electron chi connectivity index (χ1n) is 23.4. The molecule has 2 atom stereocenters. The molecule has 0 unspecified atom stereocenters. The second-order valence-electron chi connectivity index (χ2n) is 17.0. The number of ether oxygens (including phenoxy) is 12. The topological polar surface area (TPSA) is 111 Å². The van der Waals surface area contributed by atoms with Crippen molar-refractivity contribution in [2.75, 3.05) is 85.3 Å². The molecule has 6 aromatic rings. The van der Waals surface area contributed by atoms with Crippen LogP contribution in [0.4, 0.5) is 0 Å². The number of benzene rings is 6. The maximum Gasteiger partial charge on any atom is 0.203 e. The zero-order valence-electron chi connectivity index (χ0n) is 42.9. The Balaban J connectivity index is 1.36. The van der Waals surface area contributed by atoms with Crippen molar-refractivity contribution < 1.29 is 56.8 Å². The number of methoxy groups -OCH3 is 12. The fourth-order valence-corrected chi connectivity index (χ4v) is 9.39. The minimum absolute atomic E-state index is 0.0421. The SMILES string of the molecule is COc1cc(C[C@@H](CCc2ccc(OC)c(OC)c2)[C@@H](Cc2ccc(CCc3cc(OC)c(OC)c(OC)c3)c(OC)c2)c2ccc(OC)c(OC)c2)ccc1CCc1cc(OC)c(OC)c(OC)c1. The van der Waals surface area contributed by atoms with E-state index in [9.17, 15) is 0 Å². The Morgan fingerprint density at radius 1 is 0.286 bits per heavy atom. The Hall–Kier alpha value is -7.08. The van der Waals surface area contributed by atoms with Gasteiger partial charge in [-0.3, -0.25) is 0 Å². The quantitative estimate of drug-likeness (QED) is 0.0490. The molecule has 12 nitrogen and oxygen atoms in total. The fraction of sp³-hybridized carbons (Fsp3) is 0.379. The van der Waals surface area contributed by atoms with Crippen molar-refractivity contribution in [3.05, 3.63) is 142 Å². The maximum atomic E-state index is 6.12. The van der Waals surface area contributed by atoms with Gasteiger partial charge in [0.2, 0.25) is 11.5 Å². The monoisotopic (exact) mass is 958 g/mol. The molecule has 0 amide bonds. The Bertz CT molecular complexity index is 2590. The summed E-state index contributed by atoms with van der Waals surface area (Å²) in [6.45, 7) is 0. The molecule has 0 spiro atoms. The van der Waals surface area contributed by atoms with Crippen LogP contribution in [0.25, 0.3) is 0 Å². The van der Waals surface area contributed by atoms with E-state index in [0.29, 0.717) is 57.5 Å². The molecule has 0 radical (unpaired) electrons. The summed E-state index contributed by atoms with van der Waals surface area (Å²) in [4.78, 5) is 0. The van der Waals surface area contributed by atoms with Crippen molar-refractivity contribution in [1.82, 2.24) is 0 Å². The molecule has 374 valence electrons. The van der Waals surface area contributed by atoms with Crippen LogP contribution >= 0.6 is 0 Å². The lowest BCUT2D eigenvalue weighted by Gasteiger charge is -2.30. The minimum atomic E-state index is 0.0421. The molecule has 0 fully saturated rings. The first-order chi connectivity index (χ1) is 34.1. The van der Waals surface area contributed by atoms with E-state index in [1.165, 1.54) is 5.56 Å². The molecule has 6 aromatic carbocycles. The highest BCUT2D eigenvalue weighted by Crippen LogP contribution is 2.43. The van der Waals surface area contributed by atoms with Crippen molar-refractivity contribution in [3.8, 4) is 69.0 Å². The van der Waals surface area contributed by atoms with Gasteiger partial charge in [-0.05, 0) is 168 Å². The summed E-state index contributed by atoms with van der Waals surface area (Å²) in [6.07, 6.45) is 6.17. The van der Waals surface area contributed by atoms with Crippen LogP contribution < -0.4 is 56.8 Å². The lowest BCUT2D eigenvalue weighted by molar-refractivity contribution is 0.323. The summed E-state index contributed by atoms with van der Waals surface area (Å²) in [7, 11) is 19.9. The van der Waals surface area contributed by atoms with Gasteiger partial charge in [0.25, 0.3) is 0 Å². The Kier molecular flexibility index (Phi) is 19.1. The summed E-state index contributed by atoms with van der Waals surface area (Å²) in [5, 5.41) is 0. The molecule has 0 bridgehead atoms. The van der Waals surface area contributed by atoms with E-state index in [1.54, 1.807) is 85.3 Å². The van der Waals surface area contributed by atoms with Gasteiger partial charge in [0.15, 0.2) is 46.0 Å². The highest BCUT2D eigenvalue weighted by atomic mass is 16.5. The molecule has 0 saturated carbocycles. The fourth-order valence-electron chi connectivity index (χ4n) is 9.39. The van der Waals surface area contributed by atoms with Crippen LogP contribution in [0.5, 0.6) is 69.0 Å². The third kappa shape index (κ3) is 12.6. The van der Waals surface area contributed by atoms with Gasteiger partial charge in [0.1, 0.15) is 11.5 Å². The van der Waals surface area contributed by atoms with Gasteiger partial charge in [-0.1, -0.05) is 36.4 Å². The molecular weight excluding hydrogens is 889 g/mol. The molecule has 0 aromatic heterocycles. The van der Waals surface area contributed by atoms with Gasteiger partial charge in [-0.25, -0.2) is 0 Å². The molecule has 0 aliphatic rings. The second kappa shape index (κ2) is 25.5. The van der Waals surface area contributed by atoms with Crippen LogP contribution in [0.2, 0.25) is 0 Å². The average Bonchev–Trinajstić information content (AvgIpc) is 3.41. The maximum absolute atomic E-state index is 6.12. The predicted octanol–water partition coefficient (Wildman–Crippen LogP) is 11.2. The Morgan fingerprint density at radius 3 is 1.09 bits per heavy atom. The van der Waals surface area contributed by atoms with Crippen molar-refractivity contribution in [1.29, 1.82) is 0 Å². The van der Waals surface area contributed by atoms with Crippen LogP contribution in [0.3, 0.4) is 0 Å². The van der Waals surface area contributed by atoms with E-state index in [1.807, 2.05) is 36.4 Å². The average molecular weight is 959 g/mol. The van der Waals surface area contributed by atoms with Crippen LogP contribution in [0, 0.1) is 5.92 Å². The first kappa shape index (κ1) is 52.3. The van der Waals surface area contributed by atoms with Crippen molar-refractivity contribution in [3.63, 3.8) is 0 Å². The molecule has 0 saturated heterocycles. The van der Waals surface area contributed by atoms with Gasteiger partial charge < -0.3 is 56.8 Å². The summed E-state index contributed by atoms with van der Waals surface area (Å²) >= 11 is 0. The van der Waals surface area contributed by atoms with E-state index < -0.39 is 0 Å². The van der Waals surface area contributed by atoms with Gasteiger partial charge in [-0.2, -0.15) is 0 Å². The zero-order chi connectivity index (χ0) is 50.2. The highest BCUT2D eigenvalue weighted by molar-refractivity contribution is 5.55. The number of hydrogen-bond acceptors (Lipinski definition) is 12. The molecule has 6 rings (SSSR count). The minimum Gasteiger partial charge on any atom is -0.496 e. The largest absolute Gasteiger partial charge is 0.496 e. The number of rotatable bonds is 27. The smallest absolute Gasteiger partial charge is 0.203 e. The third-order valence-electron chi connectivity index (χ3n) is 13.1. The number of hydrogen-bond donors (Lipinski definition) is 0. The highest BCUT2D eigenvalue weighted by Gasteiger charge is 2.27. The van der Waals surface area contributed by atoms with Gasteiger partial charge in [-0.15, -0.1) is 0 Å². The zero-order valence-corrected chi connectivity index (χ0v) is 42.9. The van der Waals surface area contributed by atoms with E-state index in [0.717, 1.165) is 102 Å². The lowest BCUT2D eigenvalue weighted by Crippen LogP contribution is -2.20. The van der Waals surface area contributed by atoms with E-state index >= 15 is 0 Å². The molecule has 0 heterocycles. The second-order valence-corrected chi connectivity index (χ2v) is 17.0. The number of aryl methyl sites for hydroxylation is 5. The summed E-state index contributed by atoms with van der Waals surface area (Å²) in [6, 6.07) is 33.7. The predicted molar refractivity (Wildman–Crippen MR) is 274 cm³/mol. The summed E-state index contributed by atoms with van der Waals surface area (Å²) < 4.78 is 68.9. The molecule has 0 aliphatic heterocycles. The van der Waals surface area contributed by atoms with Crippen molar-refractivity contribution in [2.45, 2.75) is 57.3 Å².